The summed E-state index contributed by atoms with van der Waals surface area (Å²) in [5.41, 5.74) is -0.0929. The van der Waals surface area contributed by atoms with Gasteiger partial charge < -0.3 is 14.7 Å². The van der Waals surface area contributed by atoms with Crippen LogP contribution < -0.4 is 9.64 Å². The van der Waals surface area contributed by atoms with E-state index in [0.29, 0.717) is 29.4 Å². The first-order valence-corrected chi connectivity index (χ1v) is 7.87. The lowest BCUT2D eigenvalue weighted by Gasteiger charge is -2.28. The van der Waals surface area contributed by atoms with Crippen molar-refractivity contribution in [3.63, 3.8) is 0 Å². The number of aliphatic hydroxyl groups is 1. The normalized spacial score (nSPS) is 23.1. The second-order valence-corrected chi connectivity index (χ2v) is 6.26. The minimum atomic E-state index is -1.51. The molecule has 1 N–H and O–H groups in total. The minimum absolute atomic E-state index is 0.246. The Balaban J connectivity index is 1.79. The number of hydrogen-bond donors (Lipinski definition) is 1. The number of fused-ring (bicyclic) bond motifs is 2. The molecule has 5 nitrogen and oxygen atoms in total. The fraction of sp³-hybridized carbons (Fsp3) is 0.250. The van der Waals surface area contributed by atoms with E-state index in [1.807, 2.05) is 34.5 Å². The van der Waals surface area contributed by atoms with Crippen LogP contribution in [0.4, 0.5) is 10.7 Å². The number of anilines is 1. The maximum atomic E-state index is 12.6. The molecule has 2 aliphatic rings. The maximum Gasteiger partial charge on any atom is 0.205 e. The van der Waals surface area contributed by atoms with Gasteiger partial charge in [0.25, 0.3) is 0 Å². The molecular weight excluding hydrogens is 300 g/mol. The number of ketones is 1. The zero-order valence-corrected chi connectivity index (χ0v) is 12.8. The number of hydrogen-bond acceptors (Lipinski definition) is 6. The molecule has 2 aromatic rings. The molecule has 1 atom stereocenters. The van der Waals surface area contributed by atoms with Crippen LogP contribution in [-0.2, 0) is 0 Å². The third-order valence-corrected chi connectivity index (χ3v) is 4.99. The molecule has 0 amide bonds. The molecule has 1 fully saturated rings. The summed E-state index contributed by atoms with van der Waals surface area (Å²) in [6.45, 7) is 0.558. The highest BCUT2D eigenvalue weighted by atomic mass is 32.1. The summed E-state index contributed by atoms with van der Waals surface area (Å²) < 4.78 is 5.16. The topological polar surface area (TPSA) is 62.1 Å². The highest BCUT2D eigenvalue weighted by Gasteiger charge is 2.52. The Kier molecular flexibility index (Phi) is 2.85. The van der Waals surface area contributed by atoms with Gasteiger partial charge in [0, 0.05) is 18.7 Å². The van der Waals surface area contributed by atoms with Gasteiger partial charge in [-0.25, -0.2) is 4.99 Å². The monoisotopic (exact) mass is 314 g/mol. The van der Waals surface area contributed by atoms with Crippen LogP contribution in [0.15, 0.2) is 40.7 Å². The average molecular weight is 314 g/mol. The second kappa shape index (κ2) is 4.66. The first-order chi connectivity index (χ1) is 10.6. The molecule has 0 radical (unpaired) electrons. The van der Waals surface area contributed by atoms with Crippen LogP contribution in [0, 0.1) is 0 Å². The number of thiophene rings is 1. The summed E-state index contributed by atoms with van der Waals surface area (Å²) in [6.07, 6.45) is 0.353. The molecule has 1 aromatic heterocycles. The van der Waals surface area contributed by atoms with Gasteiger partial charge >= 0.3 is 0 Å². The molecule has 0 aliphatic carbocycles. The van der Waals surface area contributed by atoms with Gasteiger partial charge in [-0.2, -0.15) is 0 Å². The van der Waals surface area contributed by atoms with Crippen molar-refractivity contribution in [2.24, 2.45) is 4.99 Å². The lowest BCUT2D eigenvalue weighted by Crippen LogP contribution is -2.48. The van der Waals surface area contributed by atoms with Gasteiger partial charge in [-0.05, 0) is 35.7 Å². The van der Waals surface area contributed by atoms with Crippen molar-refractivity contribution in [1.82, 2.24) is 0 Å². The van der Waals surface area contributed by atoms with E-state index in [9.17, 15) is 9.90 Å². The molecule has 112 valence electrons. The summed E-state index contributed by atoms with van der Waals surface area (Å²) in [4.78, 5) is 19.0. The zero-order valence-electron chi connectivity index (χ0n) is 11.9. The summed E-state index contributed by atoms with van der Waals surface area (Å²) in [7, 11) is 1.62. The zero-order chi connectivity index (χ0) is 15.3. The van der Waals surface area contributed by atoms with E-state index < -0.39 is 5.60 Å². The van der Waals surface area contributed by atoms with Crippen LogP contribution in [-0.4, -0.2) is 36.0 Å². The Bertz CT molecular complexity index is 781. The summed E-state index contributed by atoms with van der Waals surface area (Å²) in [5, 5.41) is 13.3. The molecule has 0 bridgehead atoms. The first-order valence-electron chi connectivity index (χ1n) is 6.99. The number of nitrogens with zero attached hydrogens (tertiary/aromatic N) is 2. The van der Waals surface area contributed by atoms with Gasteiger partial charge in [0.1, 0.15) is 10.8 Å². The molecule has 0 spiro atoms. The van der Waals surface area contributed by atoms with Gasteiger partial charge in [-0.3, -0.25) is 4.79 Å². The number of amidine groups is 1. The van der Waals surface area contributed by atoms with Gasteiger partial charge in [-0.1, -0.05) is 0 Å². The van der Waals surface area contributed by atoms with Gasteiger partial charge in [0.2, 0.25) is 5.78 Å². The van der Waals surface area contributed by atoms with Crippen LogP contribution in [0.5, 0.6) is 5.75 Å². The van der Waals surface area contributed by atoms with E-state index in [-0.39, 0.29) is 5.78 Å². The predicted molar refractivity (Wildman–Crippen MR) is 85.7 cm³/mol. The summed E-state index contributed by atoms with van der Waals surface area (Å²) >= 11 is 1.41. The van der Waals surface area contributed by atoms with Gasteiger partial charge in [0.15, 0.2) is 11.4 Å². The number of ether oxygens (including phenoxy) is 1. The highest BCUT2D eigenvalue weighted by Crippen LogP contribution is 2.41. The number of methoxy groups -OCH3 is 1. The Morgan fingerprint density at radius 1 is 1.32 bits per heavy atom. The van der Waals surface area contributed by atoms with E-state index >= 15 is 0 Å². The third kappa shape index (κ3) is 1.74. The Labute approximate surface area is 131 Å². The average Bonchev–Trinajstić information content (AvgIpc) is 3.14. The number of Topliss-reactive ketones (excluding diaryl/α,β-unsaturated/α-hetero) is 1. The van der Waals surface area contributed by atoms with E-state index in [0.717, 1.165) is 11.4 Å². The Hall–Kier alpha value is -2.18. The van der Waals surface area contributed by atoms with E-state index in [2.05, 4.69) is 4.99 Å². The maximum absolute atomic E-state index is 12.6. The van der Waals surface area contributed by atoms with Crippen molar-refractivity contribution >= 4 is 33.6 Å². The number of carbonyl (C=O) groups excluding carboxylic acids is 1. The Morgan fingerprint density at radius 3 is 2.82 bits per heavy atom. The third-order valence-electron chi connectivity index (χ3n) is 4.18. The standard InChI is InChI=1S/C16H14N2O3S/c1-21-11-4-2-10(3-5-11)18-8-7-16(20)13(19)12-6-9-22-14(12)17-15(16)18/h2-6,9,20H,7-8H2,1H3/t16-/m1/s1. The number of aliphatic imine (C=N–C) groups is 1. The summed E-state index contributed by atoms with van der Waals surface area (Å²) in [5.74, 6) is 0.947. The van der Waals surface area contributed by atoms with Crippen molar-refractivity contribution in [2.45, 2.75) is 12.0 Å². The predicted octanol–water partition coefficient (Wildman–Crippen LogP) is 2.62. The largest absolute Gasteiger partial charge is 0.497 e. The molecule has 6 heteroatoms. The minimum Gasteiger partial charge on any atom is -0.497 e. The number of benzene rings is 1. The molecule has 0 saturated carbocycles. The van der Waals surface area contributed by atoms with E-state index in [1.54, 1.807) is 13.2 Å². The van der Waals surface area contributed by atoms with Crippen LogP contribution in [0.2, 0.25) is 0 Å². The number of rotatable bonds is 2. The quantitative estimate of drug-likeness (QED) is 0.925. The van der Waals surface area contributed by atoms with Gasteiger partial charge in [0.05, 0.1) is 12.7 Å². The fourth-order valence-electron chi connectivity index (χ4n) is 2.98. The lowest BCUT2D eigenvalue weighted by molar-refractivity contribution is 0.0603. The second-order valence-electron chi connectivity index (χ2n) is 5.36. The lowest BCUT2D eigenvalue weighted by atomic mass is 9.90. The molecule has 3 heterocycles. The first kappa shape index (κ1) is 13.5. The van der Waals surface area contributed by atoms with Crippen LogP contribution in [0.3, 0.4) is 0 Å². The van der Waals surface area contributed by atoms with Crippen LogP contribution >= 0.6 is 11.3 Å². The molecule has 1 saturated heterocycles. The van der Waals surface area contributed by atoms with E-state index in [4.69, 9.17) is 4.74 Å². The number of carbonyl (C=O) groups is 1. The summed E-state index contributed by atoms with van der Waals surface area (Å²) in [6, 6.07) is 9.25. The SMILES string of the molecule is COc1ccc(N2CC[C@@]3(O)C(=O)c4ccsc4N=C23)cc1. The van der Waals surface area contributed by atoms with Gasteiger partial charge in [-0.15, -0.1) is 11.3 Å². The van der Waals surface area contributed by atoms with Crippen molar-refractivity contribution in [3.8, 4) is 5.75 Å². The molecule has 2 aliphatic heterocycles. The molecule has 1 aromatic carbocycles. The smallest absolute Gasteiger partial charge is 0.205 e. The highest BCUT2D eigenvalue weighted by molar-refractivity contribution is 7.14. The fourth-order valence-corrected chi connectivity index (χ4v) is 3.74. The van der Waals surface area contributed by atoms with Crippen LogP contribution in [0.25, 0.3) is 0 Å². The van der Waals surface area contributed by atoms with Crippen molar-refractivity contribution in [2.75, 3.05) is 18.6 Å². The van der Waals surface area contributed by atoms with Crippen molar-refractivity contribution in [3.05, 3.63) is 41.3 Å². The Morgan fingerprint density at radius 2 is 2.09 bits per heavy atom. The molecular formula is C16H14N2O3S. The van der Waals surface area contributed by atoms with Crippen molar-refractivity contribution < 1.29 is 14.6 Å². The van der Waals surface area contributed by atoms with Crippen molar-refractivity contribution in [1.29, 1.82) is 0 Å². The van der Waals surface area contributed by atoms with E-state index in [1.165, 1.54) is 11.3 Å². The molecule has 4 rings (SSSR count). The van der Waals surface area contributed by atoms with Crippen LogP contribution in [0.1, 0.15) is 16.8 Å². The molecule has 0 unspecified atom stereocenters. The molecule has 22 heavy (non-hydrogen) atoms.